The fraction of sp³-hybridized carbons (Fsp3) is 0.417. The van der Waals surface area contributed by atoms with Crippen LogP contribution in [0.2, 0.25) is 0 Å². The number of nitrogens with zero attached hydrogens (tertiary/aromatic N) is 1. The molecule has 1 aromatic rings. The Balaban J connectivity index is 2.98. The van der Waals surface area contributed by atoms with E-state index in [2.05, 4.69) is 12.6 Å². The van der Waals surface area contributed by atoms with E-state index >= 15 is 0 Å². The van der Waals surface area contributed by atoms with Crippen LogP contribution in [-0.2, 0) is 20.2 Å². The van der Waals surface area contributed by atoms with Gasteiger partial charge in [-0.15, -0.1) is 12.6 Å². The van der Waals surface area contributed by atoms with Crippen LogP contribution in [0.1, 0.15) is 19.4 Å². The summed E-state index contributed by atoms with van der Waals surface area (Å²) >= 11 is 9.18. The second-order valence-corrected chi connectivity index (χ2v) is 6.68. The van der Waals surface area contributed by atoms with Gasteiger partial charge >= 0.3 is 7.75 Å². The van der Waals surface area contributed by atoms with Crippen LogP contribution < -0.4 is 0 Å². The van der Waals surface area contributed by atoms with E-state index in [1.165, 1.54) is 4.67 Å². The van der Waals surface area contributed by atoms with Gasteiger partial charge < -0.3 is 0 Å². The van der Waals surface area contributed by atoms with E-state index in [0.29, 0.717) is 6.54 Å². The highest BCUT2D eigenvalue weighted by Crippen LogP contribution is 2.53. The fourth-order valence-corrected chi connectivity index (χ4v) is 3.83. The third-order valence-electron chi connectivity index (χ3n) is 2.28. The molecule has 0 amide bonds. The van der Waals surface area contributed by atoms with E-state index in [0.717, 1.165) is 5.56 Å². The zero-order valence-corrected chi connectivity index (χ0v) is 13.6. The van der Waals surface area contributed by atoms with E-state index in [1.807, 2.05) is 30.3 Å². The summed E-state index contributed by atoms with van der Waals surface area (Å²) in [4.78, 5) is 0. The number of hydrogen-bond acceptors (Lipinski definition) is 4. The first-order chi connectivity index (χ1) is 9.03. The van der Waals surface area contributed by atoms with Gasteiger partial charge in [0, 0.05) is 0 Å². The maximum Gasteiger partial charge on any atom is 0.436 e. The minimum atomic E-state index is -3.44. The van der Waals surface area contributed by atoms with Crippen LogP contribution in [0.15, 0.2) is 30.3 Å². The highest BCUT2D eigenvalue weighted by molar-refractivity contribution is 8.11. The van der Waals surface area contributed by atoms with Crippen LogP contribution >= 0.6 is 32.6 Å². The van der Waals surface area contributed by atoms with E-state index in [9.17, 15) is 4.57 Å². The van der Waals surface area contributed by atoms with Gasteiger partial charge in [0.2, 0.25) is 0 Å². The fourth-order valence-electron chi connectivity index (χ4n) is 1.52. The SMILES string of the molecule is CCOP(=O)(OCC)N(Cc1ccccc1)C(=S)S. The summed E-state index contributed by atoms with van der Waals surface area (Å²) in [5, 5.41) is 0. The van der Waals surface area contributed by atoms with Crippen LogP contribution in [0.4, 0.5) is 0 Å². The lowest BCUT2D eigenvalue weighted by atomic mass is 10.2. The molecule has 0 radical (unpaired) electrons. The Morgan fingerprint density at radius 2 is 1.79 bits per heavy atom. The Morgan fingerprint density at radius 3 is 2.21 bits per heavy atom. The molecule has 0 saturated heterocycles. The molecule has 4 nitrogen and oxygen atoms in total. The average Bonchev–Trinajstić information content (AvgIpc) is 2.37. The van der Waals surface area contributed by atoms with Crippen LogP contribution in [0.5, 0.6) is 0 Å². The van der Waals surface area contributed by atoms with Gasteiger partial charge in [-0.3, -0.25) is 13.7 Å². The summed E-state index contributed by atoms with van der Waals surface area (Å²) in [5.74, 6) is 0. The van der Waals surface area contributed by atoms with Gasteiger partial charge in [0.1, 0.15) is 4.32 Å². The molecule has 0 fully saturated rings. The minimum Gasteiger partial charge on any atom is -0.292 e. The van der Waals surface area contributed by atoms with Crippen LogP contribution in [0, 0.1) is 0 Å². The normalized spacial score (nSPS) is 11.3. The van der Waals surface area contributed by atoms with Crippen LogP contribution in [0.3, 0.4) is 0 Å². The summed E-state index contributed by atoms with van der Waals surface area (Å²) < 4.78 is 24.9. The molecule has 0 aromatic heterocycles. The quantitative estimate of drug-likeness (QED) is 0.469. The van der Waals surface area contributed by atoms with E-state index in [-0.39, 0.29) is 17.5 Å². The highest BCUT2D eigenvalue weighted by atomic mass is 32.1. The van der Waals surface area contributed by atoms with Crippen LogP contribution in [-0.4, -0.2) is 22.2 Å². The van der Waals surface area contributed by atoms with Crippen molar-refractivity contribution < 1.29 is 13.6 Å². The summed E-state index contributed by atoms with van der Waals surface area (Å²) in [6, 6.07) is 9.56. The Hall–Kier alpha value is -0.390. The van der Waals surface area contributed by atoms with E-state index < -0.39 is 7.75 Å². The van der Waals surface area contributed by atoms with Crippen molar-refractivity contribution >= 4 is 36.9 Å². The molecular formula is C12H18NO3PS2. The van der Waals surface area contributed by atoms with Gasteiger partial charge in [-0.05, 0) is 19.4 Å². The number of hydrogen-bond donors (Lipinski definition) is 1. The first-order valence-electron chi connectivity index (χ1n) is 5.97. The van der Waals surface area contributed by atoms with Gasteiger partial charge in [-0.2, -0.15) is 0 Å². The molecule has 0 heterocycles. The summed E-state index contributed by atoms with van der Waals surface area (Å²) in [6.45, 7) is 4.40. The number of benzene rings is 1. The van der Waals surface area contributed by atoms with Crippen molar-refractivity contribution in [2.75, 3.05) is 13.2 Å². The third-order valence-corrected chi connectivity index (χ3v) is 5.13. The lowest BCUT2D eigenvalue weighted by molar-refractivity contribution is 0.188. The molecule has 1 rings (SSSR count). The summed E-state index contributed by atoms with van der Waals surface area (Å²) in [5.41, 5.74) is 0.957. The summed E-state index contributed by atoms with van der Waals surface area (Å²) in [6.07, 6.45) is 0. The van der Waals surface area contributed by atoms with Crippen LogP contribution in [0.25, 0.3) is 0 Å². The van der Waals surface area contributed by atoms with Crippen molar-refractivity contribution in [1.82, 2.24) is 4.67 Å². The maximum absolute atomic E-state index is 12.7. The van der Waals surface area contributed by atoms with Gasteiger partial charge in [-0.1, -0.05) is 42.5 Å². The van der Waals surface area contributed by atoms with Crippen molar-refractivity contribution in [3.8, 4) is 0 Å². The smallest absolute Gasteiger partial charge is 0.292 e. The molecule has 0 saturated carbocycles. The Morgan fingerprint density at radius 1 is 1.26 bits per heavy atom. The molecule has 0 bridgehead atoms. The van der Waals surface area contributed by atoms with Gasteiger partial charge in [0.25, 0.3) is 0 Å². The minimum absolute atomic E-state index is 0.189. The van der Waals surface area contributed by atoms with Gasteiger partial charge in [0.05, 0.1) is 19.8 Å². The first-order valence-corrected chi connectivity index (χ1v) is 8.32. The number of thiocarbonyl (C=S) groups is 1. The standard InChI is InChI=1S/C12H18NO3PS2/c1-3-15-17(14,16-4-2)13(12(18)19)10-11-8-6-5-7-9-11/h5-9H,3-4,10H2,1-2H3,(H,18,19). The summed E-state index contributed by atoms with van der Waals surface area (Å²) in [7, 11) is -3.44. The Bertz CT molecular complexity index is 446. The largest absolute Gasteiger partial charge is 0.436 e. The molecule has 19 heavy (non-hydrogen) atoms. The first kappa shape index (κ1) is 16.7. The second-order valence-electron chi connectivity index (χ2n) is 3.63. The average molecular weight is 319 g/mol. The Labute approximate surface area is 125 Å². The van der Waals surface area contributed by atoms with Crippen molar-refractivity contribution in [2.45, 2.75) is 20.4 Å². The molecule has 0 aliphatic heterocycles. The zero-order chi connectivity index (χ0) is 14.3. The predicted molar refractivity (Wildman–Crippen MR) is 84.4 cm³/mol. The molecule has 0 atom stereocenters. The lowest BCUT2D eigenvalue weighted by Crippen LogP contribution is -2.25. The molecule has 1 aromatic carbocycles. The molecule has 106 valence electrons. The van der Waals surface area contributed by atoms with E-state index in [4.69, 9.17) is 21.3 Å². The molecule has 0 aliphatic rings. The topological polar surface area (TPSA) is 38.8 Å². The zero-order valence-electron chi connectivity index (χ0n) is 11.0. The predicted octanol–water partition coefficient (Wildman–Crippen LogP) is 3.88. The highest BCUT2D eigenvalue weighted by Gasteiger charge is 2.34. The second kappa shape index (κ2) is 8.02. The molecule has 0 N–H and O–H groups in total. The third kappa shape index (κ3) is 4.89. The monoisotopic (exact) mass is 319 g/mol. The van der Waals surface area contributed by atoms with Gasteiger partial charge in [0.15, 0.2) is 0 Å². The molecule has 0 spiro atoms. The van der Waals surface area contributed by atoms with Gasteiger partial charge in [-0.25, -0.2) is 4.57 Å². The molecular weight excluding hydrogens is 301 g/mol. The van der Waals surface area contributed by atoms with Crippen molar-refractivity contribution in [1.29, 1.82) is 0 Å². The number of thiol groups is 1. The maximum atomic E-state index is 12.7. The van der Waals surface area contributed by atoms with Crippen molar-refractivity contribution in [2.24, 2.45) is 0 Å². The van der Waals surface area contributed by atoms with Crippen molar-refractivity contribution in [3.63, 3.8) is 0 Å². The Kier molecular flexibility index (Phi) is 7.04. The van der Waals surface area contributed by atoms with Crippen molar-refractivity contribution in [3.05, 3.63) is 35.9 Å². The molecule has 7 heteroatoms. The lowest BCUT2D eigenvalue weighted by Gasteiger charge is -2.29. The van der Waals surface area contributed by atoms with E-state index in [1.54, 1.807) is 13.8 Å². The molecule has 0 unspecified atom stereocenters. The molecule has 0 aliphatic carbocycles. The number of rotatable bonds is 7.